The Bertz CT molecular complexity index is 220. The molecule has 1 N–H and O–H groups in total. The summed E-state index contributed by atoms with van der Waals surface area (Å²) in [6.07, 6.45) is 0.960. The van der Waals surface area contributed by atoms with Gasteiger partial charge in [0.1, 0.15) is 12.0 Å². The minimum absolute atomic E-state index is 0.323. The molecule has 0 bridgehead atoms. The predicted octanol–water partition coefficient (Wildman–Crippen LogP) is 0.531. The van der Waals surface area contributed by atoms with Crippen LogP contribution in [-0.4, -0.2) is 18.4 Å². The average molecular weight is 156 g/mol. The van der Waals surface area contributed by atoms with Crippen LogP contribution in [0.3, 0.4) is 0 Å². The predicted molar refractivity (Wildman–Crippen MR) is 35.7 cm³/mol. The van der Waals surface area contributed by atoms with Crippen molar-refractivity contribution in [3.63, 3.8) is 0 Å². The first-order valence-electron chi connectivity index (χ1n) is 3.04. The molecule has 0 aromatic carbocycles. The average Bonchev–Trinajstić information content (AvgIpc) is 2.52. The molecule has 5 heteroatoms. The molecule has 0 aliphatic rings. The molecule has 0 aliphatic heterocycles. The number of rotatable bonds is 2. The van der Waals surface area contributed by atoms with Gasteiger partial charge in [-0.05, 0) is 0 Å². The maximum absolute atomic E-state index is 10.5. The number of carbonyl (C=O) groups excluding carboxylic acids is 1. The van der Waals surface area contributed by atoms with E-state index in [0.717, 1.165) is 0 Å². The second-order valence-corrected chi connectivity index (χ2v) is 1.84. The standard InChI is InChI=1S/C6H8N2O3/c1-10-6(9)7-4-5-2-3-11-8-5/h2-3H,4H2,1H3,(H,7,9). The van der Waals surface area contributed by atoms with Crippen LogP contribution in [0.4, 0.5) is 4.79 Å². The molecule has 0 atom stereocenters. The summed E-state index contributed by atoms with van der Waals surface area (Å²) in [4.78, 5) is 10.5. The molecule has 0 fully saturated rings. The number of hydrogen-bond donors (Lipinski definition) is 1. The van der Waals surface area contributed by atoms with Crippen molar-refractivity contribution in [3.8, 4) is 0 Å². The Kier molecular flexibility index (Phi) is 2.48. The Balaban J connectivity index is 2.29. The molecule has 1 aromatic heterocycles. The zero-order chi connectivity index (χ0) is 8.10. The van der Waals surface area contributed by atoms with Crippen molar-refractivity contribution in [2.45, 2.75) is 6.54 Å². The fourth-order valence-corrected chi connectivity index (χ4v) is 0.564. The van der Waals surface area contributed by atoms with E-state index in [-0.39, 0.29) is 0 Å². The van der Waals surface area contributed by atoms with Gasteiger partial charge in [0.05, 0.1) is 13.7 Å². The first-order valence-corrected chi connectivity index (χ1v) is 3.04. The van der Waals surface area contributed by atoms with Gasteiger partial charge in [-0.25, -0.2) is 4.79 Å². The molecule has 0 spiro atoms. The van der Waals surface area contributed by atoms with Crippen LogP contribution in [0.15, 0.2) is 16.9 Å². The van der Waals surface area contributed by atoms with E-state index < -0.39 is 6.09 Å². The Labute approximate surface area is 63.3 Å². The number of hydrogen-bond acceptors (Lipinski definition) is 4. The minimum Gasteiger partial charge on any atom is -0.453 e. The van der Waals surface area contributed by atoms with E-state index in [1.165, 1.54) is 13.4 Å². The lowest BCUT2D eigenvalue weighted by Gasteiger charge is -1.98. The van der Waals surface area contributed by atoms with Crippen molar-refractivity contribution in [1.82, 2.24) is 10.5 Å². The first-order chi connectivity index (χ1) is 5.33. The summed E-state index contributed by atoms with van der Waals surface area (Å²) in [7, 11) is 1.30. The summed E-state index contributed by atoms with van der Waals surface area (Å²) in [5, 5.41) is 6.03. The van der Waals surface area contributed by atoms with Crippen LogP contribution < -0.4 is 5.32 Å². The maximum atomic E-state index is 10.5. The van der Waals surface area contributed by atoms with Gasteiger partial charge in [-0.2, -0.15) is 0 Å². The molecule has 5 nitrogen and oxygen atoms in total. The Morgan fingerprint density at radius 1 is 1.91 bits per heavy atom. The first kappa shape index (κ1) is 7.59. The van der Waals surface area contributed by atoms with E-state index in [0.29, 0.717) is 12.2 Å². The monoisotopic (exact) mass is 156 g/mol. The fraction of sp³-hybridized carbons (Fsp3) is 0.333. The van der Waals surface area contributed by atoms with Gasteiger partial charge in [-0.15, -0.1) is 0 Å². The van der Waals surface area contributed by atoms with Gasteiger partial charge in [-0.1, -0.05) is 5.16 Å². The van der Waals surface area contributed by atoms with Crippen LogP contribution in [0.5, 0.6) is 0 Å². The summed E-state index contributed by atoms with van der Waals surface area (Å²) >= 11 is 0. The van der Waals surface area contributed by atoms with Gasteiger partial charge >= 0.3 is 6.09 Å². The quantitative estimate of drug-likeness (QED) is 0.678. The van der Waals surface area contributed by atoms with Crippen LogP contribution in [0.2, 0.25) is 0 Å². The zero-order valence-electron chi connectivity index (χ0n) is 6.03. The Morgan fingerprint density at radius 3 is 3.27 bits per heavy atom. The van der Waals surface area contributed by atoms with E-state index in [2.05, 4.69) is 19.7 Å². The van der Waals surface area contributed by atoms with Crippen molar-refractivity contribution < 1.29 is 14.1 Å². The maximum Gasteiger partial charge on any atom is 0.407 e. The number of methoxy groups -OCH3 is 1. The molecule has 60 valence electrons. The molecule has 11 heavy (non-hydrogen) atoms. The molecule has 0 aliphatic carbocycles. The molecule has 1 aromatic rings. The SMILES string of the molecule is COC(=O)NCc1ccon1. The summed E-state index contributed by atoms with van der Waals surface area (Å²) in [5.74, 6) is 0. The molecule has 1 rings (SSSR count). The fourth-order valence-electron chi connectivity index (χ4n) is 0.564. The number of nitrogens with zero attached hydrogens (tertiary/aromatic N) is 1. The number of amides is 1. The second-order valence-electron chi connectivity index (χ2n) is 1.84. The topological polar surface area (TPSA) is 64.4 Å². The van der Waals surface area contributed by atoms with Crippen LogP contribution in [0.25, 0.3) is 0 Å². The minimum atomic E-state index is -0.479. The smallest absolute Gasteiger partial charge is 0.407 e. The van der Waals surface area contributed by atoms with Gasteiger partial charge in [0.15, 0.2) is 0 Å². The lowest BCUT2D eigenvalue weighted by atomic mass is 10.4. The van der Waals surface area contributed by atoms with E-state index in [9.17, 15) is 4.79 Å². The molecule has 1 heterocycles. The Morgan fingerprint density at radius 2 is 2.73 bits per heavy atom. The van der Waals surface area contributed by atoms with E-state index >= 15 is 0 Å². The molecule has 0 saturated heterocycles. The molecule has 0 saturated carbocycles. The zero-order valence-corrected chi connectivity index (χ0v) is 6.03. The normalized spacial score (nSPS) is 9.18. The Hall–Kier alpha value is -1.52. The summed E-state index contributed by atoms with van der Waals surface area (Å²) < 4.78 is 8.88. The number of aromatic nitrogens is 1. The van der Waals surface area contributed by atoms with Crippen molar-refractivity contribution in [1.29, 1.82) is 0 Å². The highest BCUT2D eigenvalue weighted by Gasteiger charge is 1.99. The number of alkyl carbamates (subject to hydrolysis) is 1. The third-order valence-electron chi connectivity index (χ3n) is 1.09. The summed E-state index contributed by atoms with van der Waals surface area (Å²) in [6, 6.07) is 1.66. The van der Waals surface area contributed by atoms with Gasteiger partial charge in [0, 0.05) is 6.07 Å². The molecule has 0 unspecified atom stereocenters. The third-order valence-corrected chi connectivity index (χ3v) is 1.09. The summed E-state index contributed by atoms with van der Waals surface area (Å²) in [6.45, 7) is 0.323. The summed E-state index contributed by atoms with van der Waals surface area (Å²) in [5.41, 5.74) is 0.662. The van der Waals surface area contributed by atoms with Crippen molar-refractivity contribution in [2.75, 3.05) is 7.11 Å². The van der Waals surface area contributed by atoms with E-state index in [4.69, 9.17) is 0 Å². The van der Waals surface area contributed by atoms with Gasteiger partial charge in [0.2, 0.25) is 0 Å². The molecular formula is C6H8N2O3. The van der Waals surface area contributed by atoms with Crippen molar-refractivity contribution in [3.05, 3.63) is 18.0 Å². The van der Waals surface area contributed by atoms with E-state index in [1.54, 1.807) is 6.07 Å². The number of carbonyl (C=O) groups is 1. The van der Waals surface area contributed by atoms with Crippen LogP contribution in [-0.2, 0) is 11.3 Å². The highest BCUT2D eigenvalue weighted by molar-refractivity contribution is 5.66. The van der Waals surface area contributed by atoms with Crippen LogP contribution in [0, 0.1) is 0 Å². The van der Waals surface area contributed by atoms with Gasteiger partial charge in [-0.3, -0.25) is 0 Å². The third kappa shape index (κ3) is 2.29. The van der Waals surface area contributed by atoms with Gasteiger partial charge < -0.3 is 14.6 Å². The highest BCUT2D eigenvalue weighted by Crippen LogP contribution is 1.92. The molecule has 1 amide bonds. The number of ether oxygens (including phenoxy) is 1. The molecule has 0 radical (unpaired) electrons. The highest BCUT2D eigenvalue weighted by atomic mass is 16.5. The lowest BCUT2D eigenvalue weighted by Crippen LogP contribution is -2.22. The molecular weight excluding hydrogens is 148 g/mol. The van der Waals surface area contributed by atoms with Crippen LogP contribution in [0.1, 0.15) is 5.69 Å². The second kappa shape index (κ2) is 3.60. The van der Waals surface area contributed by atoms with E-state index in [1.807, 2.05) is 0 Å². The number of nitrogens with one attached hydrogen (secondary N) is 1. The lowest BCUT2D eigenvalue weighted by molar-refractivity contribution is 0.170. The van der Waals surface area contributed by atoms with Crippen molar-refractivity contribution in [2.24, 2.45) is 0 Å². The van der Waals surface area contributed by atoms with Crippen LogP contribution >= 0.6 is 0 Å². The van der Waals surface area contributed by atoms with Crippen molar-refractivity contribution >= 4 is 6.09 Å². The largest absolute Gasteiger partial charge is 0.453 e. The van der Waals surface area contributed by atoms with Gasteiger partial charge in [0.25, 0.3) is 0 Å².